The van der Waals surface area contributed by atoms with Crippen LogP contribution in [0.2, 0.25) is 5.15 Å². The first-order chi connectivity index (χ1) is 12.4. The minimum Gasteiger partial charge on any atom is -0.480 e. The molecule has 0 aliphatic heterocycles. The van der Waals surface area contributed by atoms with E-state index in [4.69, 9.17) is 17.3 Å². The van der Waals surface area contributed by atoms with E-state index in [0.717, 1.165) is 16.7 Å². The van der Waals surface area contributed by atoms with E-state index in [9.17, 15) is 9.90 Å². The van der Waals surface area contributed by atoms with E-state index in [1.807, 2.05) is 38.1 Å². The summed E-state index contributed by atoms with van der Waals surface area (Å²) >= 11 is 5.89. The Hall–Kier alpha value is -2.93. The van der Waals surface area contributed by atoms with Crippen LogP contribution in [0.5, 0.6) is 0 Å². The maximum atomic E-state index is 11.5. The number of carboxylic acid groups (broad SMARTS) is 1. The molecule has 1 unspecified atom stereocenters. The lowest BCUT2D eigenvalue weighted by Gasteiger charge is -2.16. The lowest BCUT2D eigenvalue weighted by molar-refractivity contribution is -0.142. The zero-order valence-electron chi connectivity index (χ0n) is 14.3. The molecule has 3 rings (SSSR count). The maximum Gasteiger partial charge on any atom is 0.328 e. The highest BCUT2D eigenvalue weighted by molar-refractivity contribution is 6.29. The van der Waals surface area contributed by atoms with Gasteiger partial charge in [-0.05, 0) is 23.1 Å². The zero-order chi connectivity index (χ0) is 18.8. The minimum atomic E-state index is -0.900. The number of nitrogen functional groups attached to an aromatic ring is 1. The Morgan fingerprint density at radius 1 is 1.15 bits per heavy atom. The predicted octanol–water partition coefficient (Wildman–Crippen LogP) is 3.52. The van der Waals surface area contributed by atoms with E-state index in [1.54, 1.807) is 18.5 Å². The van der Waals surface area contributed by atoms with Gasteiger partial charge < -0.3 is 10.8 Å². The molecule has 2 aromatic heterocycles. The van der Waals surface area contributed by atoms with Gasteiger partial charge in [0.05, 0.1) is 6.20 Å². The van der Waals surface area contributed by atoms with Crippen LogP contribution in [0, 0.1) is 5.92 Å². The van der Waals surface area contributed by atoms with E-state index >= 15 is 0 Å². The molecule has 26 heavy (non-hydrogen) atoms. The Kier molecular flexibility index (Phi) is 4.90. The first kappa shape index (κ1) is 17.9. The van der Waals surface area contributed by atoms with Gasteiger partial charge in [0, 0.05) is 17.3 Å². The van der Waals surface area contributed by atoms with E-state index in [-0.39, 0.29) is 11.1 Å². The molecule has 0 fully saturated rings. The van der Waals surface area contributed by atoms with Gasteiger partial charge in [-0.1, -0.05) is 49.7 Å². The monoisotopic (exact) mass is 371 g/mol. The van der Waals surface area contributed by atoms with Crippen molar-refractivity contribution in [2.75, 3.05) is 5.73 Å². The Balaban J connectivity index is 1.90. The molecule has 1 aromatic carbocycles. The van der Waals surface area contributed by atoms with E-state index in [1.165, 1.54) is 4.68 Å². The average Bonchev–Trinajstić information content (AvgIpc) is 3.06. The summed E-state index contributed by atoms with van der Waals surface area (Å²) in [4.78, 5) is 11.5. The van der Waals surface area contributed by atoms with Crippen molar-refractivity contribution < 1.29 is 9.90 Å². The third-order valence-corrected chi connectivity index (χ3v) is 4.28. The summed E-state index contributed by atoms with van der Waals surface area (Å²) in [5.41, 5.74) is 9.18. The van der Waals surface area contributed by atoms with Gasteiger partial charge in [0.25, 0.3) is 0 Å². The number of carboxylic acids is 1. The fourth-order valence-corrected chi connectivity index (χ4v) is 2.94. The van der Waals surface area contributed by atoms with Crippen molar-refractivity contribution in [1.29, 1.82) is 0 Å². The Labute approximate surface area is 155 Å². The Bertz CT molecular complexity index is 937. The van der Waals surface area contributed by atoms with Gasteiger partial charge in [-0.25, -0.2) is 4.79 Å². The van der Waals surface area contributed by atoms with Crippen molar-refractivity contribution in [3.8, 4) is 22.3 Å². The molecule has 2 heterocycles. The third kappa shape index (κ3) is 3.52. The lowest BCUT2D eigenvalue weighted by Crippen LogP contribution is -2.24. The van der Waals surface area contributed by atoms with Crippen molar-refractivity contribution in [2.45, 2.75) is 19.9 Å². The number of nitrogens with two attached hydrogens (primary N) is 1. The fraction of sp³-hybridized carbons (Fsp3) is 0.222. The summed E-state index contributed by atoms with van der Waals surface area (Å²) in [7, 11) is 0. The van der Waals surface area contributed by atoms with Crippen LogP contribution in [0.15, 0.2) is 42.7 Å². The number of aromatic nitrogens is 4. The normalized spacial score (nSPS) is 12.3. The molecule has 0 aliphatic carbocycles. The molecule has 3 aromatic rings. The Morgan fingerprint density at radius 3 is 2.42 bits per heavy atom. The van der Waals surface area contributed by atoms with Gasteiger partial charge in [0.1, 0.15) is 0 Å². The topological polar surface area (TPSA) is 107 Å². The van der Waals surface area contributed by atoms with E-state index in [2.05, 4.69) is 15.3 Å². The molecular formula is C18H18ClN5O2. The molecule has 1 atom stereocenters. The summed E-state index contributed by atoms with van der Waals surface area (Å²) in [6, 6.07) is 8.58. The van der Waals surface area contributed by atoms with Crippen LogP contribution in [-0.4, -0.2) is 31.1 Å². The number of carbonyl (C=O) groups is 1. The number of aliphatic carboxylic acids is 1. The highest BCUT2D eigenvalue weighted by Crippen LogP contribution is 2.29. The summed E-state index contributed by atoms with van der Waals surface area (Å²) in [5.74, 6) is -0.673. The van der Waals surface area contributed by atoms with Crippen LogP contribution in [0.4, 0.5) is 5.82 Å². The number of anilines is 1. The summed E-state index contributed by atoms with van der Waals surface area (Å²) in [6.45, 7) is 3.71. The predicted molar refractivity (Wildman–Crippen MR) is 99.6 cm³/mol. The van der Waals surface area contributed by atoms with Crippen LogP contribution in [0.1, 0.15) is 19.9 Å². The zero-order valence-corrected chi connectivity index (χ0v) is 15.1. The molecular weight excluding hydrogens is 354 g/mol. The maximum absolute atomic E-state index is 11.5. The van der Waals surface area contributed by atoms with Gasteiger partial charge in [-0.15, -0.1) is 10.2 Å². The number of rotatable bonds is 5. The van der Waals surface area contributed by atoms with Gasteiger partial charge in [0.2, 0.25) is 0 Å². The van der Waals surface area contributed by atoms with Gasteiger partial charge in [-0.2, -0.15) is 5.10 Å². The molecule has 8 heteroatoms. The van der Waals surface area contributed by atoms with Gasteiger partial charge in [0.15, 0.2) is 17.0 Å². The minimum absolute atomic E-state index is 0.0745. The number of hydrogen-bond donors (Lipinski definition) is 2. The first-order valence-electron chi connectivity index (χ1n) is 8.03. The molecule has 0 amide bonds. The number of halogens is 1. The van der Waals surface area contributed by atoms with Crippen molar-refractivity contribution in [2.24, 2.45) is 5.92 Å². The fourth-order valence-electron chi connectivity index (χ4n) is 2.79. The third-order valence-electron chi connectivity index (χ3n) is 4.09. The molecule has 0 radical (unpaired) electrons. The van der Waals surface area contributed by atoms with Crippen molar-refractivity contribution >= 4 is 23.4 Å². The van der Waals surface area contributed by atoms with E-state index in [0.29, 0.717) is 11.4 Å². The molecule has 134 valence electrons. The summed E-state index contributed by atoms with van der Waals surface area (Å²) < 4.78 is 1.49. The largest absolute Gasteiger partial charge is 0.480 e. The van der Waals surface area contributed by atoms with Crippen LogP contribution < -0.4 is 5.73 Å². The smallest absolute Gasteiger partial charge is 0.328 e. The van der Waals surface area contributed by atoms with Gasteiger partial charge >= 0.3 is 5.97 Å². The molecule has 0 aliphatic rings. The van der Waals surface area contributed by atoms with Crippen LogP contribution in [-0.2, 0) is 4.79 Å². The van der Waals surface area contributed by atoms with E-state index < -0.39 is 12.0 Å². The van der Waals surface area contributed by atoms with Crippen LogP contribution in [0.25, 0.3) is 22.3 Å². The van der Waals surface area contributed by atoms with Crippen molar-refractivity contribution in [3.63, 3.8) is 0 Å². The molecule has 0 saturated carbocycles. The highest BCUT2D eigenvalue weighted by Gasteiger charge is 2.24. The summed E-state index contributed by atoms with van der Waals surface area (Å²) in [5, 5.41) is 21.4. The number of nitrogens with zero attached hydrogens (tertiary/aromatic N) is 4. The highest BCUT2D eigenvalue weighted by atomic mass is 35.5. The Morgan fingerprint density at radius 2 is 1.81 bits per heavy atom. The standard InChI is InChI=1S/C18H18ClN5O2/c1-10(2)16(18(25)26)24-9-13(8-21-24)11-3-5-12(6-4-11)14-7-15(19)22-23-17(14)20/h3-10,16H,1-2H3,(H2,20,23)(H,25,26). The molecule has 0 spiro atoms. The van der Waals surface area contributed by atoms with Crippen LogP contribution >= 0.6 is 11.6 Å². The number of benzene rings is 1. The second kappa shape index (κ2) is 7.13. The molecule has 0 saturated heterocycles. The van der Waals surface area contributed by atoms with Gasteiger partial charge in [-0.3, -0.25) is 4.68 Å². The molecule has 0 bridgehead atoms. The summed E-state index contributed by atoms with van der Waals surface area (Å²) in [6.07, 6.45) is 3.40. The quantitative estimate of drug-likeness (QED) is 0.710. The van der Waals surface area contributed by atoms with Crippen LogP contribution in [0.3, 0.4) is 0 Å². The second-order valence-corrected chi connectivity index (χ2v) is 6.67. The molecule has 3 N–H and O–H groups in total. The number of hydrogen-bond acceptors (Lipinski definition) is 5. The average molecular weight is 372 g/mol. The SMILES string of the molecule is CC(C)C(C(=O)O)n1cc(-c2ccc(-c3cc(Cl)nnc3N)cc2)cn1. The van der Waals surface area contributed by atoms with Crippen molar-refractivity contribution in [1.82, 2.24) is 20.0 Å². The van der Waals surface area contributed by atoms with Crippen molar-refractivity contribution in [3.05, 3.63) is 47.9 Å². The lowest BCUT2D eigenvalue weighted by atomic mass is 10.0. The molecule has 7 nitrogen and oxygen atoms in total. The first-order valence-corrected chi connectivity index (χ1v) is 8.41. The second-order valence-electron chi connectivity index (χ2n) is 6.28.